The second-order valence-corrected chi connectivity index (χ2v) is 10.8. The van der Waals surface area contributed by atoms with E-state index in [1.54, 1.807) is 12.1 Å². The van der Waals surface area contributed by atoms with Crippen LogP contribution in [0.25, 0.3) is 16.7 Å². The van der Waals surface area contributed by atoms with Gasteiger partial charge < -0.3 is 21.7 Å². The number of carbonyl (C=O) groups is 3. The van der Waals surface area contributed by atoms with E-state index in [4.69, 9.17) is 5.73 Å². The van der Waals surface area contributed by atoms with Gasteiger partial charge >= 0.3 is 0 Å². The number of nitrogens with two attached hydrogens (primary N) is 1. The molecule has 5 N–H and O–H groups in total. The van der Waals surface area contributed by atoms with Crippen molar-refractivity contribution in [1.82, 2.24) is 5.32 Å². The summed E-state index contributed by atoms with van der Waals surface area (Å²) in [5.74, 6) is -0.608. The van der Waals surface area contributed by atoms with Crippen LogP contribution < -0.4 is 21.7 Å². The molecular formula is C36H36N4O3. The average Bonchev–Trinajstić information content (AvgIpc) is 3.03. The van der Waals surface area contributed by atoms with Crippen molar-refractivity contribution >= 4 is 34.7 Å². The number of benzene rings is 4. The van der Waals surface area contributed by atoms with E-state index >= 15 is 0 Å². The van der Waals surface area contributed by atoms with Gasteiger partial charge in [0.2, 0.25) is 11.8 Å². The van der Waals surface area contributed by atoms with Crippen LogP contribution >= 0.6 is 0 Å². The molecular weight excluding hydrogens is 536 g/mol. The molecule has 43 heavy (non-hydrogen) atoms. The van der Waals surface area contributed by atoms with Crippen molar-refractivity contribution in [3.8, 4) is 11.1 Å². The number of carbonyl (C=O) groups excluding carboxylic acids is 3. The third-order valence-corrected chi connectivity index (χ3v) is 7.90. The third-order valence-electron chi connectivity index (χ3n) is 7.90. The zero-order valence-electron chi connectivity index (χ0n) is 24.3. The standard InChI is InChI=1S/C36H36N4O3/c1-3-23(2)34-29(25-15-7-8-18-28(25)35(42)40-34)22-33(41)38-31-19-11-9-16-26(31)27-17-10-12-20-32(27)39-36(43)30(37)21-24-13-5-4-6-14-24/h4-20,22-23,30,34H,3,21,37H2,1-2H3,(H,38,41)(H,39,43)(H,40,42)/t23-,30-,34-/m0/s1. The maximum absolute atomic E-state index is 13.6. The lowest BCUT2D eigenvalue weighted by Gasteiger charge is -2.32. The molecule has 0 unspecified atom stereocenters. The van der Waals surface area contributed by atoms with Gasteiger partial charge in [0.25, 0.3) is 5.91 Å². The number of amides is 3. The van der Waals surface area contributed by atoms with Crippen molar-refractivity contribution < 1.29 is 14.4 Å². The first-order chi connectivity index (χ1) is 20.9. The fourth-order valence-electron chi connectivity index (χ4n) is 5.40. The second kappa shape index (κ2) is 13.3. The zero-order valence-corrected chi connectivity index (χ0v) is 24.3. The lowest BCUT2D eigenvalue weighted by Crippen LogP contribution is -2.44. The molecule has 1 aliphatic heterocycles. The van der Waals surface area contributed by atoms with Crippen molar-refractivity contribution in [2.24, 2.45) is 11.7 Å². The fraction of sp³-hybridized carbons (Fsp3) is 0.194. The Morgan fingerprint density at radius 1 is 0.791 bits per heavy atom. The Hall–Kier alpha value is -5.01. The lowest BCUT2D eigenvalue weighted by molar-refractivity contribution is -0.117. The number of hydrogen-bond acceptors (Lipinski definition) is 4. The highest BCUT2D eigenvalue weighted by Gasteiger charge is 2.32. The van der Waals surface area contributed by atoms with Crippen LogP contribution in [-0.2, 0) is 16.0 Å². The maximum atomic E-state index is 13.6. The number of nitrogens with one attached hydrogen (secondary N) is 3. The van der Waals surface area contributed by atoms with Gasteiger partial charge in [-0.1, -0.05) is 105 Å². The molecule has 0 aromatic heterocycles. The smallest absolute Gasteiger partial charge is 0.252 e. The van der Waals surface area contributed by atoms with E-state index in [1.807, 2.05) is 97.1 Å². The van der Waals surface area contributed by atoms with Crippen molar-refractivity contribution in [3.63, 3.8) is 0 Å². The van der Waals surface area contributed by atoms with E-state index < -0.39 is 6.04 Å². The summed E-state index contributed by atoms with van der Waals surface area (Å²) in [6.45, 7) is 4.13. The van der Waals surface area contributed by atoms with Crippen LogP contribution in [0, 0.1) is 5.92 Å². The normalized spacial score (nSPS) is 16.5. The van der Waals surface area contributed by atoms with Crippen LogP contribution in [0.5, 0.6) is 0 Å². The molecule has 0 aliphatic carbocycles. The predicted molar refractivity (Wildman–Crippen MR) is 172 cm³/mol. The number of fused-ring (bicyclic) bond motifs is 1. The summed E-state index contributed by atoms with van der Waals surface area (Å²) in [4.78, 5) is 39.4. The summed E-state index contributed by atoms with van der Waals surface area (Å²) in [5, 5.41) is 9.12. The topological polar surface area (TPSA) is 113 Å². The first-order valence-electron chi connectivity index (χ1n) is 14.6. The zero-order chi connectivity index (χ0) is 30.3. The van der Waals surface area contributed by atoms with Gasteiger partial charge in [0, 0.05) is 34.1 Å². The lowest BCUT2D eigenvalue weighted by atomic mass is 9.82. The average molecular weight is 573 g/mol. The number of para-hydroxylation sites is 2. The van der Waals surface area contributed by atoms with E-state index in [-0.39, 0.29) is 29.7 Å². The maximum Gasteiger partial charge on any atom is 0.252 e. The van der Waals surface area contributed by atoms with Crippen LogP contribution in [0.1, 0.15) is 41.8 Å². The molecule has 3 amide bonds. The summed E-state index contributed by atoms with van der Waals surface area (Å²) in [6.07, 6.45) is 2.84. The minimum Gasteiger partial charge on any atom is -0.345 e. The summed E-state index contributed by atoms with van der Waals surface area (Å²) < 4.78 is 0. The van der Waals surface area contributed by atoms with E-state index in [1.165, 1.54) is 0 Å². The van der Waals surface area contributed by atoms with E-state index in [0.29, 0.717) is 23.4 Å². The molecule has 4 aromatic carbocycles. The molecule has 1 heterocycles. The first kappa shape index (κ1) is 29.5. The molecule has 0 saturated heterocycles. The molecule has 218 valence electrons. The molecule has 0 fully saturated rings. The molecule has 7 heteroatoms. The molecule has 0 spiro atoms. The van der Waals surface area contributed by atoms with Gasteiger partial charge in [-0.05, 0) is 47.2 Å². The van der Waals surface area contributed by atoms with Crippen LogP contribution in [0.3, 0.4) is 0 Å². The fourth-order valence-corrected chi connectivity index (χ4v) is 5.40. The van der Waals surface area contributed by atoms with Crippen LogP contribution in [0.4, 0.5) is 11.4 Å². The highest BCUT2D eigenvalue weighted by Crippen LogP contribution is 2.35. The largest absolute Gasteiger partial charge is 0.345 e. The Morgan fingerprint density at radius 3 is 1.95 bits per heavy atom. The van der Waals surface area contributed by atoms with Gasteiger partial charge in [0.05, 0.1) is 12.1 Å². The molecule has 0 radical (unpaired) electrons. The minimum atomic E-state index is -0.727. The SMILES string of the molecule is CC[C@H](C)[C@@H]1NC(=O)c2ccccc2C1=CC(=O)Nc1ccccc1-c1ccccc1NC(=O)[C@@H](N)Cc1ccccc1. The predicted octanol–water partition coefficient (Wildman–Crippen LogP) is 6.04. The Bertz CT molecular complexity index is 1660. The quantitative estimate of drug-likeness (QED) is 0.183. The summed E-state index contributed by atoms with van der Waals surface area (Å²) in [7, 11) is 0. The summed E-state index contributed by atoms with van der Waals surface area (Å²) in [5.41, 5.74) is 12.0. The molecule has 0 saturated carbocycles. The van der Waals surface area contributed by atoms with Crippen molar-refractivity contribution in [3.05, 3.63) is 126 Å². The molecule has 5 rings (SSSR count). The molecule has 0 bridgehead atoms. The van der Waals surface area contributed by atoms with Crippen molar-refractivity contribution in [2.45, 2.75) is 38.8 Å². The van der Waals surface area contributed by atoms with E-state index in [9.17, 15) is 14.4 Å². The Kier molecular flexibility index (Phi) is 9.13. The number of rotatable bonds is 9. The third kappa shape index (κ3) is 6.74. The van der Waals surface area contributed by atoms with Crippen LogP contribution in [0.15, 0.2) is 109 Å². The highest BCUT2D eigenvalue weighted by molar-refractivity contribution is 6.11. The Morgan fingerprint density at radius 2 is 1.33 bits per heavy atom. The molecule has 4 aromatic rings. The Labute approximate surface area is 252 Å². The van der Waals surface area contributed by atoms with E-state index in [0.717, 1.165) is 34.2 Å². The summed E-state index contributed by atoms with van der Waals surface area (Å²) in [6, 6.07) is 30.9. The Balaban J connectivity index is 1.41. The molecule has 1 aliphatic rings. The summed E-state index contributed by atoms with van der Waals surface area (Å²) >= 11 is 0. The van der Waals surface area contributed by atoms with Crippen LogP contribution in [0.2, 0.25) is 0 Å². The first-order valence-corrected chi connectivity index (χ1v) is 14.6. The molecule has 7 nitrogen and oxygen atoms in total. The van der Waals surface area contributed by atoms with Gasteiger partial charge in [0.1, 0.15) is 0 Å². The van der Waals surface area contributed by atoms with E-state index in [2.05, 4.69) is 29.8 Å². The van der Waals surface area contributed by atoms with Gasteiger partial charge in [0.15, 0.2) is 0 Å². The van der Waals surface area contributed by atoms with Crippen molar-refractivity contribution in [2.75, 3.05) is 10.6 Å². The van der Waals surface area contributed by atoms with Crippen molar-refractivity contribution in [1.29, 1.82) is 0 Å². The number of hydrogen-bond donors (Lipinski definition) is 4. The van der Waals surface area contributed by atoms with Gasteiger partial charge in [-0.15, -0.1) is 0 Å². The van der Waals surface area contributed by atoms with Gasteiger partial charge in [-0.2, -0.15) is 0 Å². The molecule has 3 atom stereocenters. The van der Waals surface area contributed by atoms with Gasteiger partial charge in [-0.25, -0.2) is 0 Å². The highest BCUT2D eigenvalue weighted by atomic mass is 16.2. The van der Waals surface area contributed by atoms with Crippen LogP contribution in [-0.4, -0.2) is 29.8 Å². The second-order valence-electron chi connectivity index (χ2n) is 10.8. The van der Waals surface area contributed by atoms with Gasteiger partial charge in [-0.3, -0.25) is 14.4 Å². The minimum absolute atomic E-state index is 0.132. The number of anilines is 2. The monoisotopic (exact) mass is 572 g/mol.